The van der Waals surface area contributed by atoms with Crippen LogP contribution >= 0.6 is 0 Å². The normalized spacial score (nSPS) is 24.3. The molecule has 5 heteroatoms. The molecule has 1 fully saturated rings. The van der Waals surface area contributed by atoms with E-state index in [0.29, 0.717) is 11.5 Å². The maximum atomic E-state index is 12.9. The summed E-state index contributed by atoms with van der Waals surface area (Å²) in [7, 11) is -2.25. The summed E-state index contributed by atoms with van der Waals surface area (Å²) in [5.41, 5.74) is 0.733. The largest absolute Gasteiger partial charge is 0.416 e. The lowest BCUT2D eigenvalue weighted by Gasteiger charge is -2.52. The molecule has 1 saturated heterocycles. The first kappa shape index (κ1) is 21.5. The molecule has 1 heterocycles. The highest BCUT2D eigenvalue weighted by Crippen LogP contribution is 2.66. The second-order valence-corrected chi connectivity index (χ2v) is 15.5. The zero-order chi connectivity index (χ0) is 20.1. The van der Waals surface area contributed by atoms with Crippen LogP contribution in [0.5, 0.6) is 0 Å². The highest BCUT2D eigenvalue weighted by Gasteiger charge is 2.64. The van der Waals surface area contributed by atoms with Crippen molar-refractivity contribution in [2.75, 3.05) is 0 Å². The predicted octanol–water partition coefficient (Wildman–Crippen LogP) is 7.74. The molecule has 1 aliphatic rings. The minimum absolute atomic E-state index is 0.0425. The first-order valence-electron chi connectivity index (χ1n) is 9.46. The van der Waals surface area contributed by atoms with Gasteiger partial charge < -0.3 is 4.43 Å². The molecule has 0 bridgehead atoms. The zero-order valence-corrected chi connectivity index (χ0v) is 18.3. The monoisotopic (exact) mass is 386 g/mol. The van der Waals surface area contributed by atoms with Gasteiger partial charge in [-0.2, -0.15) is 13.2 Å². The Balaban J connectivity index is 2.46. The summed E-state index contributed by atoms with van der Waals surface area (Å²) >= 11 is 0. The van der Waals surface area contributed by atoms with Gasteiger partial charge in [-0.1, -0.05) is 67.5 Å². The molecule has 0 radical (unpaired) electrons. The Hall–Kier alpha value is -0.813. The van der Waals surface area contributed by atoms with Crippen LogP contribution < -0.4 is 0 Å². The average molecular weight is 387 g/mol. The molecule has 0 aromatic heterocycles. The van der Waals surface area contributed by atoms with Crippen LogP contribution in [0.1, 0.15) is 79.0 Å². The molecule has 2 rings (SSSR count). The quantitative estimate of drug-likeness (QED) is 0.472. The van der Waals surface area contributed by atoms with E-state index in [1.807, 2.05) is 0 Å². The summed E-state index contributed by atoms with van der Waals surface area (Å²) < 4.78 is 45.5. The van der Waals surface area contributed by atoms with Gasteiger partial charge in [-0.15, -0.1) is 0 Å². The van der Waals surface area contributed by atoms with Crippen molar-refractivity contribution in [3.05, 3.63) is 35.4 Å². The van der Waals surface area contributed by atoms with E-state index in [1.54, 1.807) is 12.1 Å². The maximum absolute atomic E-state index is 12.9. The third-order valence-electron chi connectivity index (χ3n) is 5.96. The molecule has 0 N–H and O–H groups in total. The van der Waals surface area contributed by atoms with Gasteiger partial charge in [0.2, 0.25) is 8.32 Å². The zero-order valence-electron chi connectivity index (χ0n) is 17.3. The van der Waals surface area contributed by atoms with Crippen molar-refractivity contribution >= 4 is 8.32 Å². The summed E-state index contributed by atoms with van der Waals surface area (Å²) in [5.74, 6) is 0.486. The Kier molecular flexibility index (Phi) is 5.50. The number of halogens is 3. The van der Waals surface area contributed by atoms with Crippen molar-refractivity contribution < 1.29 is 17.6 Å². The first-order chi connectivity index (χ1) is 11.6. The summed E-state index contributed by atoms with van der Waals surface area (Å²) in [6.07, 6.45) is -3.52. The molecule has 1 aliphatic heterocycles. The Bertz CT molecular complexity index is 607. The van der Waals surface area contributed by atoms with Crippen LogP contribution in [0, 0.1) is 5.92 Å². The van der Waals surface area contributed by atoms with Gasteiger partial charge in [0.15, 0.2) is 0 Å². The van der Waals surface area contributed by atoms with Gasteiger partial charge in [0, 0.05) is 0 Å². The first-order valence-corrected chi connectivity index (χ1v) is 11.4. The van der Waals surface area contributed by atoms with E-state index < -0.39 is 20.1 Å². The highest BCUT2D eigenvalue weighted by atomic mass is 28.4. The van der Waals surface area contributed by atoms with Crippen LogP contribution in [0.2, 0.25) is 15.6 Å². The predicted molar refractivity (Wildman–Crippen MR) is 104 cm³/mol. The van der Waals surface area contributed by atoms with E-state index in [9.17, 15) is 13.2 Å². The number of hydrogen-bond donors (Lipinski definition) is 0. The third kappa shape index (κ3) is 3.62. The summed E-state index contributed by atoms with van der Waals surface area (Å²) in [6.45, 7) is 18.1. The van der Waals surface area contributed by atoms with Gasteiger partial charge in [-0.3, -0.25) is 0 Å². The van der Waals surface area contributed by atoms with E-state index in [1.165, 1.54) is 12.1 Å². The van der Waals surface area contributed by atoms with Crippen molar-refractivity contribution in [1.29, 1.82) is 0 Å². The van der Waals surface area contributed by atoms with E-state index >= 15 is 0 Å². The van der Waals surface area contributed by atoms with Crippen LogP contribution in [0.25, 0.3) is 0 Å². The third-order valence-corrected chi connectivity index (χ3v) is 13.0. The number of benzene rings is 1. The standard InChI is InChI=1S/C21H33F3OSi/c1-14(2)18-13-17(15-9-11-16(12-10-15)21(22,23)24)25-26(18,19(3,4)5)20(6,7)8/h9-12,14,17-18H,13H2,1-8H3/t17-,18-/m0/s1. The summed E-state index contributed by atoms with van der Waals surface area (Å²) in [5, 5.41) is 0.0850. The van der Waals surface area contributed by atoms with Crippen LogP contribution in [-0.2, 0) is 10.6 Å². The van der Waals surface area contributed by atoms with Crippen molar-refractivity contribution in [3.63, 3.8) is 0 Å². The number of hydrogen-bond acceptors (Lipinski definition) is 1. The molecule has 148 valence electrons. The SMILES string of the molecule is CC(C)[C@@H]1C[C@@H](c2ccc(C(F)(F)F)cc2)O[Si]1(C(C)(C)C)C(C)(C)C. The molecule has 1 aromatic carbocycles. The molecule has 1 nitrogen and oxygen atoms in total. The molecular formula is C21H33F3OSi. The molecule has 0 unspecified atom stereocenters. The Morgan fingerprint density at radius 1 is 0.923 bits per heavy atom. The average Bonchev–Trinajstić information content (AvgIpc) is 2.88. The number of rotatable bonds is 2. The summed E-state index contributed by atoms with van der Waals surface area (Å²) in [4.78, 5) is 0. The van der Waals surface area contributed by atoms with Crippen LogP contribution in [0.4, 0.5) is 13.2 Å². The van der Waals surface area contributed by atoms with Crippen molar-refractivity contribution in [1.82, 2.24) is 0 Å². The van der Waals surface area contributed by atoms with Gasteiger partial charge >= 0.3 is 6.18 Å². The van der Waals surface area contributed by atoms with Crippen molar-refractivity contribution in [2.45, 2.75) is 89.7 Å². The molecule has 0 saturated carbocycles. The van der Waals surface area contributed by atoms with Crippen LogP contribution in [0.15, 0.2) is 24.3 Å². The fourth-order valence-corrected chi connectivity index (χ4v) is 12.7. The Morgan fingerprint density at radius 3 is 1.69 bits per heavy atom. The molecular weight excluding hydrogens is 353 g/mol. The Morgan fingerprint density at radius 2 is 1.38 bits per heavy atom. The topological polar surface area (TPSA) is 9.23 Å². The second kappa shape index (κ2) is 6.66. The lowest BCUT2D eigenvalue weighted by atomic mass is 9.98. The molecule has 0 amide bonds. The summed E-state index contributed by atoms with van der Waals surface area (Å²) in [6, 6.07) is 5.55. The van der Waals surface area contributed by atoms with E-state index in [4.69, 9.17) is 4.43 Å². The van der Waals surface area contributed by atoms with Gasteiger partial charge in [0.25, 0.3) is 0 Å². The molecule has 1 aromatic rings. The van der Waals surface area contributed by atoms with Gasteiger partial charge in [-0.05, 0) is 45.7 Å². The second-order valence-electron chi connectivity index (χ2n) is 10.0. The maximum Gasteiger partial charge on any atom is 0.416 e. The van der Waals surface area contributed by atoms with E-state index in [-0.39, 0.29) is 16.2 Å². The smallest absolute Gasteiger partial charge is 0.409 e. The lowest BCUT2D eigenvalue weighted by Crippen LogP contribution is -2.56. The van der Waals surface area contributed by atoms with Crippen LogP contribution in [-0.4, -0.2) is 8.32 Å². The van der Waals surface area contributed by atoms with Crippen molar-refractivity contribution in [2.24, 2.45) is 5.92 Å². The Labute approximate surface area is 157 Å². The highest BCUT2D eigenvalue weighted by molar-refractivity contribution is 6.81. The van der Waals surface area contributed by atoms with Crippen LogP contribution in [0.3, 0.4) is 0 Å². The minimum Gasteiger partial charge on any atom is -0.409 e. The molecule has 0 aliphatic carbocycles. The molecule has 2 atom stereocenters. The van der Waals surface area contributed by atoms with E-state index in [0.717, 1.165) is 12.0 Å². The fourth-order valence-electron chi connectivity index (χ4n) is 5.18. The van der Waals surface area contributed by atoms with Gasteiger partial charge in [0.1, 0.15) is 0 Å². The minimum atomic E-state index is -4.30. The van der Waals surface area contributed by atoms with E-state index in [2.05, 4.69) is 55.4 Å². The lowest BCUT2D eigenvalue weighted by molar-refractivity contribution is -0.137. The van der Waals surface area contributed by atoms with Gasteiger partial charge in [0.05, 0.1) is 11.7 Å². The molecule has 26 heavy (non-hydrogen) atoms. The van der Waals surface area contributed by atoms with Gasteiger partial charge in [-0.25, -0.2) is 0 Å². The fraction of sp³-hybridized carbons (Fsp3) is 0.714. The number of alkyl halides is 3. The van der Waals surface area contributed by atoms with Crippen molar-refractivity contribution in [3.8, 4) is 0 Å². The molecule has 0 spiro atoms.